The lowest BCUT2D eigenvalue weighted by Gasteiger charge is -2.30. The third-order valence-electron chi connectivity index (χ3n) is 5.14. The average molecular weight is 475 g/mol. The Morgan fingerprint density at radius 2 is 2.06 bits per heavy atom. The van der Waals surface area contributed by atoms with Crippen LogP contribution in [0, 0.1) is 5.92 Å². The third-order valence-corrected chi connectivity index (χ3v) is 8.00. The molecule has 1 fully saturated rings. The van der Waals surface area contributed by atoms with Crippen molar-refractivity contribution in [2.24, 2.45) is 11.0 Å². The van der Waals surface area contributed by atoms with Crippen molar-refractivity contribution < 1.29 is 8.42 Å². The average Bonchev–Trinajstić information content (AvgIpc) is 3.24. The lowest BCUT2D eigenvalue weighted by atomic mass is 10.0. The van der Waals surface area contributed by atoms with Crippen LogP contribution in [0.1, 0.15) is 25.3 Å². The molecule has 0 amide bonds. The molecular weight excluding hydrogens is 452 g/mol. The van der Waals surface area contributed by atoms with Crippen LogP contribution in [0.5, 0.6) is 0 Å². The zero-order chi connectivity index (χ0) is 21.8. The van der Waals surface area contributed by atoms with Gasteiger partial charge >= 0.3 is 0 Å². The summed E-state index contributed by atoms with van der Waals surface area (Å²) in [5.74, 6) is 0.382. The molecule has 9 heteroatoms. The Morgan fingerprint density at radius 1 is 1.26 bits per heavy atom. The van der Waals surface area contributed by atoms with Gasteiger partial charge in [-0.05, 0) is 48.6 Å². The first-order chi connectivity index (χ1) is 14.9. The maximum Gasteiger partial charge on any atom is 0.243 e. The summed E-state index contributed by atoms with van der Waals surface area (Å²) in [6.07, 6.45) is 3.66. The molecule has 0 bridgehead atoms. The van der Waals surface area contributed by atoms with E-state index < -0.39 is 10.0 Å². The van der Waals surface area contributed by atoms with Gasteiger partial charge in [-0.3, -0.25) is 5.43 Å². The highest BCUT2D eigenvalue weighted by atomic mass is 35.5. The minimum absolute atomic E-state index is 0.308. The molecule has 4 rings (SSSR count). The predicted octanol–water partition coefficient (Wildman–Crippen LogP) is 5.33. The third kappa shape index (κ3) is 5.33. The van der Waals surface area contributed by atoms with Crippen LogP contribution in [0.15, 0.2) is 63.9 Å². The number of hydrogen-bond donors (Lipinski definition) is 1. The summed E-state index contributed by atoms with van der Waals surface area (Å²) in [5.41, 5.74) is 5.30. The van der Waals surface area contributed by atoms with Crippen LogP contribution < -0.4 is 5.43 Å². The molecule has 1 saturated heterocycles. The van der Waals surface area contributed by atoms with Crippen molar-refractivity contribution in [3.8, 4) is 11.3 Å². The molecule has 1 N–H and O–H groups in total. The number of benzene rings is 2. The Hall–Kier alpha value is -2.26. The zero-order valence-corrected chi connectivity index (χ0v) is 19.4. The molecule has 2 heterocycles. The summed E-state index contributed by atoms with van der Waals surface area (Å²) >= 11 is 7.29. The van der Waals surface area contributed by atoms with Gasteiger partial charge in [0.15, 0.2) is 0 Å². The number of rotatable bonds is 6. The molecular formula is C22H23ClN4O2S2. The summed E-state index contributed by atoms with van der Waals surface area (Å²) in [5, 5.41) is 7.38. The monoisotopic (exact) mass is 474 g/mol. The number of nitrogens with one attached hydrogen (secondary N) is 1. The second-order valence-electron chi connectivity index (χ2n) is 7.60. The molecule has 2 aromatic carbocycles. The fourth-order valence-corrected chi connectivity index (χ4v) is 5.94. The molecule has 0 aliphatic carbocycles. The largest absolute Gasteiger partial charge is 0.253 e. The quantitative estimate of drug-likeness (QED) is 0.387. The van der Waals surface area contributed by atoms with E-state index in [1.165, 1.54) is 11.3 Å². The fourth-order valence-electron chi connectivity index (χ4n) is 3.50. The van der Waals surface area contributed by atoms with Crippen LogP contribution in [-0.2, 0) is 10.0 Å². The minimum Gasteiger partial charge on any atom is -0.253 e. The maximum absolute atomic E-state index is 13.1. The van der Waals surface area contributed by atoms with E-state index in [1.54, 1.807) is 40.9 Å². The van der Waals surface area contributed by atoms with E-state index in [1.807, 2.05) is 23.6 Å². The Morgan fingerprint density at radius 3 is 2.84 bits per heavy atom. The fraction of sp³-hybridized carbons (Fsp3) is 0.273. The van der Waals surface area contributed by atoms with Crippen LogP contribution in [0.4, 0.5) is 5.13 Å². The molecule has 0 saturated carbocycles. The van der Waals surface area contributed by atoms with Gasteiger partial charge in [0.05, 0.1) is 16.8 Å². The Kier molecular flexibility index (Phi) is 6.71. The summed E-state index contributed by atoms with van der Waals surface area (Å²) in [7, 11) is -3.51. The van der Waals surface area contributed by atoms with Gasteiger partial charge in [0.1, 0.15) is 0 Å². The van der Waals surface area contributed by atoms with Gasteiger partial charge in [0.2, 0.25) is 15.2 Å². The topological polar surface area (TPSA) is 74.7 Å². The number of piperidine rings is 1. The van der Waals surface area contributed by atoms with Crippen LogP contribution in [0.2, 0.25) is 5.02 Å². The number of thiazole rings is 1. The van der Waals surface area contributed by atoms with Crippen LogP contribution >= 0.6 is 22.9 Å². The number of halogens is 1. The van der Waals surface area contributed by atoms with Gasteiger partial charge < -0.3 is 0 Å². The van der Waals surface area contributed by atoms with Crippen molar-refractivity contribution in [3.63, 3.8) is 0 Å². The number of anilines is 1. The number of hydrazone groups is 1. The van der Waals surface area contributed by atoms with E-state index in [2.05, 4.69) is 22.4 Å². The summed E-state index contributed by atoms with van der Waals surface area (Å²) in [4.78, 5) is 4.85. The van der Waals surface area contributed by atoms with Crippen molar-refractivity contribution >= 4 is 44.3 Å². The van der Waals surface area contributed by atoms with Gasteiger partial charge in [-0.15, -0.1) is 11.3 Å². The first kappa shape index (κ1) is 22.0. The van der Waals surface area contributed by atoms with E-state index in [0.29, 0.717) is 39.8 Å². The first-order valence-electron chi connectivity index (χ1n) is 10.0. The summed E-state index contributed by atoms with van der Waals surface area (Å²) in [6.45, 7) is 3.24. The van der Waals surface area contributed by atoms with Gasteiger partial charge in [-0.25, -0.2) is 13.4 Å². The molecule has 1 atom stereocenters. The molecule has 31 heavy (non-hydrogen) atoms. The van der Waals surface area contributed by atoms with Crippen molar-refractivity contribution in [2.75, 3.05) is 18.5 Å². The summed E-state index contributed by atoms with van der Waals surface area (Å²) in [6, 6.07) is 14.3. The highest BCUT2D eigenvalue weighted by molar-refractivity contribution is 7.89. The highest BCUT2D eigenvalue weighted by Crippen LogP contribution is 2.29. The Labute approximate surface area is 191 Å². The predicted molar refractivity (Wildman–Crippen MR) is 127 cm³/mol. The second-order valence-corrected chi connectivity index (χ2v) is 10.8. The van der Waals surface area contributed by atoms with Crippen molar-refractivity contribution in [3.05, 3.63) is 64.5 Å². The van der Waals surface area contributed by atoms with Crippen LogP contribution in [-0.4, -0.2) is 37.0 Å². The lowest BCUT2D eigenvalue weighted by Crippen LogP contribution is -2.39. The van der Waals surface area contributed by atoms with E-state index in [0.717, 1.165) is 24.0 Å². The zero-order valence-electron chi connectivity index (χ0n) is 17.0. The van der Waals surface area contributed by atoms with Crippen molar-refractivity contribution in [1.82, 2.24) is 9.29 Å². The molecule has 1 aromatic heterocycles. The van der Waals surface area contributed by atoms with Crippen LogP contribution in [0.25, 0.3) is 11.3 Å². The van der Waals surface area contributed by atoms with Gasteiger partial charge in [0.25, 0.3) is 0 Å². The normalized spacial score (nSPS) is 17.8. The maximum atomic E-state index is 13.1. The van der Waals surface area contributed by atoms with E-state index in [9.17, 15) is 8.42 Å². The molecule has 6 nitrogen and oxygen atoms in total. The van der Waals surface area contributed by atoms with E-state index >= 15 is 0 Å². The lowest BCUT2D eigenvalue weighted by molar-refractivity contribution is 0.281. The van der Waals surface area contributed by atoms with Crippen molar-refractivity contribution in [1.29, 1.82) is 0 Å². The minimum atomic E-state index is -3.51. The molecule has 3 aromatic rings. The smallest absolute Gasteiger partial charge is 0.243 e. The SMILES string of the molecule is CC1CCCN(S(=O)(=O)c2cccc(-c3csc(NN=Cc4ccc(Cl)cc4)n3)c2)C1. The number of hydrogen-bond acceptors (Lipinski definition) is 6. The van der Waals surface area contributed by atoms with Crippen LogP contribution in [0.3, 0.4) is 0 Å². The molecule has 1 aliphatic heterocycles. The molecule has 0 spiro atoms. The first-order valence-corrected chi connectivity index (χ1v) is 12.7. The van der Waals surface area contributed by atoms with Gasteiger partial charge in [0, 0.05) is 29.1 Å². The number of nitrogens with zero attached hydrogens (tertiary/aromatic N) is 3. The van der Waals surface area contributed by atoms with E-state index in [-0.39, 0.29) is 0 Å². The highest BCUT2D eigenvalue weighted by Gasteiger charge is 2.28. The standard InChI is InChI=1S/C22H23ClN4O2S2/c1-16-4-3-11-27(14-16)31(28,29)20-6-2-5-18(12-20)21-15-30-22(25-21)26-24-13-17-7-9-19(23)10-8-17/h2,5-10,12-13,15-16H,3-4,11,14H2,1H3,(H,25,26). The van der Waals surface area contributed by atoms with Crippen molar-refractivity contribution in [2.45, 2.75) is 24.7 Å². The number of aromatic nitrogens is 1. The molecule has 162 valence electrons. The van der Waals surface area contributed by atoms with E-state index in [4.69, 9.17) is 11.6 Å². The van der Waals surface area contributed by atoms with Gasteiger partial charge in [-0.2, -0.15) is 9.41 Å². The second kappa shape index (κ2) is 9.48. The molecule has 0 radical (unpaired) electrons. The Bertz CT molecular complexity index is 1180. The number of sulfonamides is 1. The molecule has 1 aliphatic rings. The summed E-state index contributed by atoms with van der Waals surface area (Å²) < 4.78 is 27.8. The van der Waals surface area contributed by atoms with Gasteiger partial charge in [-0.1, -0.05) is 42.8 Å². The Balaban J connectivity index is 1.48. The molecule has 1 unspecified atom stereocenters.